The van der Waals surface area contributed by atoms with E-state index in [0.717, 1.165) is 44.1 Å². The van der Waals surface area contributed by atoms with Gasteiger partial charge >= 0.3 is 0 Å². The second-order valence-electron chi connectivity index (χ2n) is 5.96. The van der Waals surface area contributed by atoms with Crippen LogP contribution in [0.15, 0.2) is 0 Å². The molecule has 0 radical (unpaired) electrons. The largest absolute Gasteiger partial charge is 0.371 e. The van der Waals surface area contributed by atoms with Crippen molar-refractivity contribution in [2.45, 2.75) is 51.7 Å². The topological polar surface area (TPSA) is 80.1 Å². The van der Waals surface area contributed by atoms with Gasteiger partial charge in [-0.3, -0.25) is 5.10 Å². The molecule has 2 atom stereocenters. The minimum absolute atomic E-state index is 0.275. The SMILES string of the molecule is CCC(C)(OC)c1nc(N2CCC(C(C)N)CC2)n[nH]1. The third kappa shape index (κ3) is 2.96. The summed E-state index contributed by atoms with van der Waals surface area (Å²) < 4.78 is 5.55. The summed E-state index contributed by atoms with van der Waals surface area (Å²) in [5, 5.41) is 7.38. The normalized spacial score (nSPS) is 21.8. The highest BCUT2D eigenvalue weighted by Crippen LogP contribution is 2.27. The average Bonchev–Trinajstić information content (AvgIpc) is 2.97. The summed E-state index contributed by atoms with van der Waals surface area (Å²) in [7, 11) is 1.71. The number of nitrogens with one attached hydrogen (secondary N) is 1. The van der Waals surface area contributed by atoms with Gasteiger partial charge in [0.1, 0.15) is 5.60 Å². The third-order valence-electron chi connectivity index (χ3n) is 4.67. The van der Waals surface area contributed by atoms with Gasteiger partial charge in [-0.15, -0.1) is 5.10 Å². The summed E-state index contributed by atoms with van der Waals surface area (Å²) in [4.78, 5) is 6.85. The first-order chi connectivity index (χ1) is 9.50. The molecule has 6 nitrogen and oxygen atoms in total. The number of hydrogen-bond donors (Lipinski definition) is 2. The van der Waals surface area contributed by atoms with E-state index < -0.39 is 5.60 Å². The quantitative estimate of drug-likeness (QED) is 0.857. The van der Waals surface area contributed by atoms with Crippen molar-refractivity contribution < 1.29 is 4.74 Å². The zero-order chi connectivity index (χ0) is 14.8. The number of ether oxygens (including phenoxy) is 1. The second-order valence-corrected chi connectivity index (χ2v) is 5.96. The van der Waals surface area contributed by atoms with E-state index in [1.807, 2.05) is 6.92 Å². The van der Waals surface area contributed by atoms with Crippen LogP contribution in [0.1, 0.15) is 45.9 Å². The fourth-order valence-corrected chi connectivity index (χ4v) is 2.66. The van der Waals surface area contributed by atoms with Crippen LogP contribution < -0.4 is 10.6 Å². The van der Waals surface area contributed by atoms with Crippen LogP contribution in [0.5, 0.6) is 0 Å². The van der Waals surface area contributed by atoms with Crippen molar-refractivity contribution in [3.8, 4) is 0 Å². The maximum Gasteiger partial charge on any atom is 0.244 e. The Kier molecular flexibility index (Phi) is 4.65. The van der Waals surface area contributed by atoms with Crippen LogP contribution in [0.4, 0.5) is 5.95 Å². The minimum Gasteiger partial charge on any atom is -0.371 e. The van der Waals surface area contributed by atoms with Crippen molar-refractivity contribution >= 4 is 5.95 Å². The molecule has 1 aliphatic rings. The summed E-state index contributed by atoms with van der Waals surface area (Å²) in [6.45, 7) is 8.15. The average molecular weight is 281 g/mol. The predicted molar refractivity (Wildman–Crippen MR) is 79.6 cm³/mol. The molecule has 0 aromatic carbocycles. The molecule has 1 aromatic heterocycles. The molecular weight excluding hydrogens is 254 g/mol. The van der Waals surface area contributed by atoms with E-state index in [2.05, 4.69) is 33.9 Å². The molecule has 6 heteroatoms. The maximum atomic E-state index is 5.98. The molecular formula is C14H27N5O. The van der Waals surface area contributed by atoms with Crippen LogP contribution in [-0.4, -0.2) is 41.4 Å². The molecule has 0 aliphatic carbocycles. The van der Waals surface area contributed by atoms with Gasteiger partial charge in [0.25, 0.3) is 0 Å². The molecule has 3 N–H and O–H groups in total. The molecule has 20 heavy (non-hydrogen) atoms. The second kappa shape index (κ2) is 6.10. The van der Waals surface area contributed by atoms with Crippen molar-refractivity contribution in [2.24, 2.45) is 11.7 Å². The number of rotatable bonds is 5. The van der Waals surface area contributed by atoms with Gasteiger partial charge < -0.3 is 15.4 Å². The van der Waals surface area contributed by atoms with Crippen molar-refractivity contribution in [3.05, 3.63) is 5.82 Å². The number of anilines is 1. The smallest absolute Gasteiger partial charge is 0.244 e. The van der Waals surface area contributed by atoms with E-state index in [-0.39, 0.29) is 6.04 Å². The summed E-state index contributed by atoms with van der Waals surface area (Å²) >= 11 is 0. The van der Waals surface area contributed by atoms with Crippen LogP contribution in [0.3, 0.4) is 0 Å². The Hall–Kier alpha value is -1.14. The minimum atomic E-state index is -0.394. The lowest BCUT2D eigenvalue weighted by Gasteiger charge is -2.33. The summed E-state index contributed by atoms with van der Waals surface area (Å²) in [5.74, 6) is 2.19. The molecule has 1 aliphatic heterocycles. The van der Waals surface area contributed by atoms with Crippen molar-refractivity contribution in [3.63, 3.8) is 0 Å². The summed E-state index contributed by atoms with van der Waals surface area (Å²) in [6, 6.07) is 0.275. The Balaban J connectivity index is 2.03. The first kappa shape index (κ1) is 15.3. The summed E-state index contributed by atoms with van der Waals surface area (Å²) in [6.07, 6.45) is 3.07. The highest BCUT2D eigenvalue weighted by Gasteiger charge is 2.30. The molecule has 2 unspecified atom stereocenters. The zero-order valence-electron chi connectivity index (χ0n) is 13.0. The molecule has 0 spiro atoms. The molecule has 1 saturated heterocycles. The van der Waals surface area contributed by atoms with Crippen LogP contribution in [0.2, 0.25) is 0 Å². The molecule has 0 saturated carbocycles. The number of nitrogens with zero attached hydrogens (tertiary/aromatic N) is 3. The molecule has 114 valence electrons. The predicted octanol–water partition coefficient (Wildman–Crippen LogP) is 1.64. The van der Waals surface area contributed by atoms with E-state index >= 15 is 0 Å². The maximum absolute atomic E-state index is 5.98. The Morgan fingerprint density at radius 1 is 1.50 bits per heavy atom. The van der Waals surface area contributed by atoms with Gasteiger partial charge in [0.05, 0.1) is 0 Å². The Bertz CT molecular complexity index is 419. The first-order valence-corrected chi connectivity index (χ1v) is 7.48. The summed E-state index contributed by atoms with van der Waals surface area (Å²) in [5.41, 5.74) is 5.58. The molecule has 0 bridgehead atoms. The molecule has 2 heterocycles. The Morgan fingerprint density at radius 2 is 2.15 bits per heavy atom. The van der Waals surface area contributed by atoms with Gasteiger partial charge in [-0.05, 0) is 39.0 Å². The molecule has 1 fully saturated rings. The van der Waals surface area contributed by atoms with Gasteiger partial charge in [-0.2, -0.15) is 4.98 Å². The number of H-pyrrole nitrogens is 1. The van der Waals surface area contributed by atoms with Crippen molar-refractivity contribution in [1.29, 1.82) is 0 Å². The number of methoxy groups -OCH3 is 1. The Labute approximate surface area is 121 Å². The van der Waals surface area contributed by atoms with Crippen molar-refractivity contribution in [2.75, 3.05) is 25.1 Å². The van der Waals surface area contributed by atoms with E-state index in [4.69, 9.17) is 10.5 Å². The van der Waals surface area contributed by atoms with E-state index in [1.54, 1.807) is 7.11 Å². The van der Waals surface area contributed by atoms with E-state index in [9.17, 15) is 0 Å². The standard InChI is InChI=1S/C14H27N5O/c1-5-14(3,20-4)12-16-13(18-17-12)19-8-6-11(7-9-19)10(2)15/h10-11H,5-9,15H2,1-4H3,(H,16,17,18). The van der Waals surface area contributed by atoms with Crippen molar-refractivity contribution in [1.82, 2.24) is 15.2 Å². The van der Waals surface area contributed by atoms with Gasteiger partial charge in [-0.25, -0.2) is 0 Å². The van der Waals surface area contributed by atoms with Gasteiger partial charge in [-0.1, -0.05) is 6.92 Å². The number of piperidine rings is 1. The number of aromatic nitrogens is 3. The highest BCUT2D eigenvalue weighted by atomic mass is 16.5. The van der Waals surface area contributed by atoms with Crippen LogP contribution in [-0.2, 0) is 10.3 Å². The lowest BCUT2D eigenvalue weighted by Crippen LogP contribution is -2.40. The highest BCUT2D eigenvalue weighted by molar-refractivity contribution is 5.30. The van der Waals surface area contributed by atoms with Crippen LogP contribution >= 0.6 is 0 Å². The van der Waals surface area contributed by atoms with Gasteiger partial charge in [0.2, 0.25) is 5.95 Å². The number of hydrogen-bond acceptors (Lipinski definition) is 5. The fourth-order valence-electron chi connectivity index (χ4n) is 2.66. The van der Waals surface area contributed by atoms with Gasteiger partial charge in [0.15, 0.2) is 5.82 Å². The Morgan fingerprint density at radius 3 is 2.65 bits per heavy atom. The van der Waals surface area contributed by atoms with Crippen LogP contribution in [0.25, 0.3) is 0 Å². The monoisotopic (exact) mass is 281 g/mol. The molecule has 2 rings (SSSR count). The van der Waals surface area contributed by atoms with Crippen LogP contribution in [0, 0.1) is 5.92 Å². The lowest BCUT2D eigenvalue weighted by molar-refractivity contribution is -0.00865. The lowest BCUT2D eigenvalue weighted by atomic mass is 9.91. The number of aromatic amines is 1. The first-order valence-electron chi connectivity index (χ1n) is 7.48. The molecule has 1 aromatic rings. The zero-order valence-corrected chi connectivity index (χ0v) is 13.0. The third-order valence-corrected chi connectivity index (χ3v) is 4.67. The van der Waals surface area contributed by atoms with Gasteiger partial charge in [0, 0.05) is 26.2 Å². The number of nitrogens with two attached hydrogens (primary N) is 1. The van der Waals surface area contributed by atoms with E-state index in [1.165, 1.54) is 0 Å². The fraction of sp³-hybridized carbons (Fsp3) is 0.857. The van der Waals surface area contributed by atoms with E-state index in [0.29, 0.717) is 5.92 Å². The molecule has 0 amide bonds.